The molecule has 5 nitrogen and oxygen atoms in total. The van der Waals surface area contributed by atoms with E-state index in [0.717, 1.165) is 55.6 Å². The van der Waals surface area contributed by atoms with E-state index in [0.29, 0.717) is 18.2 Å². The summed E-state index contributed by atoms with van der Waals surface area (Å²) in [5, 5.41) is 10.4. The SMILES string of the molecule is CCN(CC)C(=O)CCC1CCN(c2nnc(C)s2)CC1. The van der Waals surface area contributed by atoms with Crippen molar-refractivity contribution in [1.29, 1.82) is 0 Å². The number of rotatable bonds is 6. The molecular weight excluding hydrogens is 284 g/mol. The van der Waals surface area contributed by atoms with E-state index in [1.165, 1.54) is 0 Å². The molecule has 1 aliphatic rings. The van der Waals surface area contributed by atoms with Crippen molar-refractivity contribution in [3.05, 3.63) is 5.01 Å². The van der Waals surface area contributed by atoms with E-state index in [9.17, 15) is 4.79 Å². The minimum atomic E-state index is 0.308. The molecular formula is C15H26N4OS. The van der Waals surface area contributed by atoms with Crippen LogP contribution in [0.2, 0.25) is 0 Å². The Morgan fingerprint density at radius 3 is 2.48 bits per heavy atom. The van der Waals surface area contributed by atoms with Crippen LogP contribution in [0.25, 0.3) is 0 Å². The Labute approximate surface area is 131 Å². The van der Waals surface area contributed by atoms with Crippen LogP contribution in [0.4, 0.5) is 5.13 Å². The molecule has 6 heteroatoms. The number of amides is 1. The van der Waals surface area contributed by atoms with Crippen LogP contribution < -0.4 is 4.90 Å². The number of piperidine rings is 1. The van der Waals surface area contributed by atoms with Gasteiger partial charge in [0.1, 0.15) is 5.01 Å². The topological polar surface area (TPSA) is 49.3 Å². The van der Waals surface area contributed by atoms with Crippen LogP contribution in [0.1, 0.15) is 44.5 Å². The average molecular weight is 310 g/mol. The van der Waals surface area contributed by atoms with Gasteiger partial charge in [0.25, 0.3) is 0 Å². The van der Waals surface area contributed by atoms with Gasteiger partial charge in [-0.15, -0.1) is 10.2 Å². The Balaban J connectivity index is 1.73. The molecule has 1 saturated heterocycles. The molecule has 21 heavy (non-hydrogen) atoms. The molecule has 0 radical (unpaired) electrons. The standard InChI is InChI=1S/C15H26N4OS/c1-4-18(5-2)14(20)7-6-13-8-10-19(11-9-13)15-17-16-12(3)21-15/h13H,4-11H2,1-3H3. The van der Waals surface area contributed by atoms with Crippen molar-refractivity contribution < 1.29 is 4.79 Å². The smallest absolute Gasteiger partial charge is 0.222 e. The van der Waals surface area contributed by atoms with Crippen LogP contribution in [-0.2, 0) is 4.79 Å². The molecule has 0 atom stereocenters. The number of carbonyl (C=O) groups is 1. The Morgan fingerprint density at radius 1 is 1.29 bits per heavy atom. The van der Waals surface area contributed by atoms with Crippen LogP contribution >= 0.6 is 11.3 Å². The lowest BCUT2D eigenvalue weighted by Gasteiger charge is -2.31. The maximum absolute atomic E-state index is 12.0. The van der Waals surface area contributed by atoms with E-state index in [-0.39, 0.29) is 0 Å². The highest BCUT2D eigenvalue weighted by atomic mass is 32.1. The minimum absolute atomic E-state index is 0.308. The molecule has 0 spiro atoms. The fourth-order valence-electron chi connectivity index (χ4n) is 2.89. The molecule has 1 amide bonds. The second-order valence-electron chi connectivity index (χ2n) is 5.64. The highest BCUT2D eigenvalue weighted by Gasteiger charge is 2.22. The number of hydrogen-bond donors (Lipinski definition) is 0. The maximum Gasteiger partial charge on any atom is 0.222 e. The van der Waals surface area contributed by atoms with Crippen LogP contribution in [0.3, 0.4) is 0 Å². The number of anilines is 1. The molecule has 118 valence electrons. The molecule has 0 aromatic carbocycles. The highest BCUT2D eigenvalue weighted by molar-refractivity contribution is 7.15. The van der Waals surface area contributed by atoms with E-state index in [4.69, 9.17) is 0 Å². The Morgan fingerprint density at radius 2 is 1.95 bits per heavy atom. The van der Waals surface area contributed by atoms with Gasteiger partial charge in [0.15, 0.2) is 0 Å². The molecule has 2 rings (SSSR count). The van der Waals surface area contributed by atoms with E-state index < -0.39 is 0 Å². The molecule has 1 aliphatic heterocycles. The predicted molar refractivity (Wildman–Crippen MR) is 86.7 cm³/mol. The fraction of sp³-hybridized carbons (Fsp3) is 0.800. The maximum atomic E-state index is 12.0. The summed E-state index contributed by atoms with van der Waals surface area (Å²) in [6.07, 6.45) is 4.04. The summed E-state index contributed by atoms with van der Waals surface area (Å²) in [5.41, 5.74) is 0. The zero-order chi connectivity index (χ0) is 15.2. The van der Waals surface area contributed by atoms with Gasteiger partial charge in [-0.05, 0) is 46.0 Å². The fourth-order valence-corrected chi connectivity index (χ4v) is 3.63. The zero-order valence-corrected chi connectivity index (χ0v) is 14.2. The first kappa shape index (κ1) is 16.2. The molecule has 0 bridgehead atoms. The number of nitrogens with zero attached hydrogens (tertiary/aromatic N) is 4. The van der Waals surface area contributed by atoms with Gasteiger partial charge in [-0.2, -0.15) is 0 Å². The predicted octanol–water partition coefficient (Wildman–Crippen LogP) is 2.71. The quantitative estimate of drug-likeness (QED) is 0.810. The summed E-state index contributed by atoms with van der Waals surface area (Å²) in [6.45, 7) is 9.81. The zero-order valence-electron chi connectivity index (χ0n) is 13.3. The van der Waals surface area contributed by atoms with Crippen molar-refractivity contribution in [3.8, 4) is 0 Å². The second-order valence-corrected chi connectivity index (χ2v) is 6.80. The van der Waals surface area contributed by atoms with Gasteiger partial charge in [0.05, 0.1) is 0 Å². The van der Waals surface area contributed by atoms with Crippen molar-refractivity contribution >= 4 is 22.4 Å². The summed E-state index contributed by atoms with van der Waals surface area (Å²) in [5.74, 6) is 0.983. The molecule has 0 N–H and O–H groups in total. The molecule has 1 aromatic rings. The van der Waals surface area contributed by atoms with Crippen molar-refractivity contribution in [1.82, 2.24) is 15.1 Å². The lowest BCUT2D eigenvalue weighted by Crippen LogP contribution is -2.35. The van der Waals surface area contributed by atoms with Crippen molar-refractivity contribution in [2.24, 2.45) is 5.92 Å². The number of hydrogen-bond acceptors (Lipinski definition) is 5. The number of aromatic nitrogens is 2. The summed E-state index contributed by atoms with van der Waals surface area (Å²) < 4.78 is 0. The van der Waals surface area contributed by atoms with E-state index in [1.54, 1.807) is 11.3 Å². The lowest BCUT2D eigenvalue weighted by molar-refractivity contribution is -0.131. The monoisotopic (exact) mass is 310 g/mol. The first-order valence-electron chi connectivity index (χ1n) is 7.96. The van der Waals surface area contributed by atoms with Gasteiger partial charge in [-0.1, -0.05) is 11.3 Å². The largest absolute Gasteiger partial charge is 0.347 e. The third-order valence-electron chi connectivity index (χ3n) is 4.28. The molecule has 0 saturated carbocycles. The Kier molecular flexibility index (Phi) is 5.96. The normalized spacial score (nSPS) is 16.2. The van der Waals surface area contributed by atoms with E-state index in [2.05, 4.69) is 15.1 Å². The van der Waals surface area contributed by atoms with Crippen LogP contribution in [0.15, 0.2) is 0 Å². The molecule has 0 aliphatic carbocycles. The molecule has 0 unspecified atom stereocenters. The first-order valence-corrected chi connectivity index (χ1v) is 8.78. The van der Waals surface area contributed by atoms with Gasteiger partial charge >= 0.3 is 0 Å². The van der Waals surface area contributed by atoms with Gasteiger partial charge in [-0.25, -0.2) is 0 Å². The summed E-state index contributed by atoms with van der Waals surface area (Å²) >= 11 is 1.67. The summed E-state index contributed by atoms with van der Waals surface area (Å²) in [7, 11) is 0. The van der Waals surface area contributed by atoms with E-state index in [1.807, 2.05) is 25.7 Å². The average Bonchev–Trinajstić information content (AvgIpc) is 2.93. The highest BCUT2D eigenvalue weighted by Crippen LogP contribution is 2.27. The van der Waals surface area contributed by atoms with Gasteiger partial charge in [0.2, 0.25) is 11.0 Å². The van der Waals surface area contributed by atoms with E-state index >= 15 is 0 Å². The molecule has 1 aromatic heterocycles. The summed E-state index contributed by atoms with van der Waals surface area (Å²) in [6, 6.07) is 0. The van der Waals surface area contributed by atoms with Gasteiger partial charge < -0.3 is 9.80 Å². The third-order valence-corrected chi connectivity index (χ3v) is 5.18. The number of aryl methyl sites for hydroxylation is 1. The van der Waals surface area contributed by atoms with Crippen molar-refractivity contribution in [3.63, 3.8) is 0 Å². The molecule has 1 fully saturated rings. The van der Waals surface area contributed by atoms with Crippen molar-refractivity contribution in [2.75, 3.05) is 31.1 Å². The Bertz CT molecular complexity index is 450. The van der Waals surface area contributed by atoms with Gasteiger partial charge in [0, 0.05) is 32.6 Å². The lowest BCUT2D eigenvalue weighted by atomic mass is 9.92. The molecule has 2 heterocycles. The van der Waals surface area contributed by atoms with Crippen LogP contribution in [0.5, 0.6) is 0 Å². The minimum Gasteiger partial charge on any atom is -0.347 e. The first-order chi connectivity index (χ1) is 10.1. The second kappa shape index (κ2) is 7.73. The van der Waals surface area contributed by atoms with Crippen LogP contribution in [-0.4, -0.2) is 47.2 Å². The van der Waals surface area contributed by atoms with Gasteiger partial charge in [-0.3, -0.25) is 4.79 Å². The third kappa shape index (κ3) is 4.40. The summed E-state index contributed by atoms with van der Waals surface area (Å²) in [4.78, 5) is 16.3. The van der Waals surface area contributed by atoms with Crippen LogP contribution in [0, 0.1) is 12.8 Å². The Hall–Kier alpha value is -1.17. The van der Waals surface area contributed by atoms with Crippen molar-refractivity contribution in [2.45, 2.75) is 46.5 Å². The number of carbonyl (C=O) groups excluding carboxylic acids is 1.